The molecule has 1 aliphatic carbocycles. The largest absolute Gasteiger partial charge is 0.451 e. The van der Waals surface area contributed by atoms with Crippen LogP contribution in [0.3, 0.4) is 0 Å². The molecule has 4 heterocycles. The number of sulfonamides is 1. The van der Waals surface area contributed by atoms with E-state index in [2.05, 4.69) is 19.9 Å². The summed E-state index contributed by atoms with van der Waals surface area (Å²) in [6, 6.07) is 4.99. The van der Waals surface area contributed by atoms with Crippen LogP contribution >= 0.6 is 0 Å². The van der Waals surface area contributed by atoms with Gasteiger partial charge in [0, 0.05) is 36.1 Å². The fourth-order valence-electron chi connectivity index (χ4n) is 4.71. The van der Waals surface area contributed by atoms with Crippen molar-refractivity contribution in [2.45, 2.75) is 48.8 Å². The lowest BCUT2D eigenvalue weighted by molar-refractivity contribution is -0.145. The van der Waals surface area contributed by atoms with Crippen molar-refractivity contribution >= 4 is 15.8 Å². The van der Waals surface area contributed by atoms with Gasteiger partial charge in [0.15, 0.2) is 5.78 Å². The molecule has 3 fully saturated rings. The highest BCUT2D eigenvalue weighted by molar-refractivity contribution is 7.89. The molecule has 3 aromatic rings. The molecule has 0 radical (unpaired) electrons. The third-order valence-corrected chi connectivity index (χ3v) is 8.45. The first-order chi connectivity index (χ1) is 17.0. The van der Waals surface area contributed by atoms with Crippen LogP contribution in [-0.2, 0) is 27.4 Å². The number of carbonyl (C=O) groups excluding carboxylic acids is 1. The molecule has 3 aliphatic rings. The number of nitrogens with zero attached hydrogens (tertiary/aromatic N) is 5. The minimum atomic E-state index is -4.66. The summed E-state index contributed by atoms with van der Waals surface area (Å²) in [6.07, 6.45) is -0.00443. The number of benzene rings is 1. The monoisotopic (exact) mass is 521 g/mol. The van der Waals surface area contributed by atoms with Crippen LogP contribution in [-0.4, -0.2) is 50.5 Å². The maximum Gasteiger partial charge on any atom is 0.451 e. The predicted molar refractivity (Wildman–Crippen MR) is 117 cm³/mol. The Morgan fingerprint density at radius 1 is 1.03 bits per heavy atom. The van der Waals surface area contributed by atoms with Gasteiger partial charge in [-0.1, -0.05) is 0 Å². The Morgan fingerprint density at radius 3 is 2.33 bits per heavy atom. The molecule has 2 saturated heterocycles. The molecule has 6 rings (SSSR count). The van der Waals surface area contributed by atoms with E-state index < -0.39 is 33.9 Å². The van der Waals surface area contributed by atoms with Gasteiger partial charge in [-0.05, 0) is 55.5 Å². The zero-order valence-electron chi connectivity index (χ0n) is 18.6. The van der Waals surface area contributed by atoms with Crippen molar-refractivity contribution in [1.29, 1.82) is 0 Å². The lowest BCUT2D eigenvalue weighted by Crippen LogP contribution is -2.41. The summed E-state index contributed by atoms with van der Waals surface area (Å²) < 4.78 is 79.0. The van der Waals surface area contributed by atoms with Gasteiger partial charge in [-0.25, -0.2) is 32.7 Å². The van der Waals surface area contributed by atoms with E-state index in [4.69, 9.17) is 0 Å². The van der Waals surface area contributed by atoms with E-state index in [1.165, 1.54) is 28.8 Å². The van der Waals surface area contributed by atoms with E-state index in [9.17, 15) is 30.8 Å². The highest BCUT2D eigenvalue weighted by Gasteiger charge is 2.58. The molecular formula is C23H19F4N5O3S. The number of carbonyl (C=O) groups is 1. The average molecular weight is 521 g/mol. The van der Waals surface area contributed by atoms with Crippen molar-refractivity contribution in [3.63, 3.8) is 0 Å². The van der Waals surface area contributed by atoms with Crippen LogP contribution in [0.1, 0.15) is 30.8 Å². The summed E-state index contributed by atoms with van der Waals surface area (Å²) in [6.45, 7) is 0. The SMILES string of the molecule is O=C(CCc1cc(-c2cnc(C(F)(F)F)nc2)ncn1)[C@@H]1C2CC(C2)N1S(=O)(=O)c1ccc(F)cc1. The van der Waals surface area contributed by atoms with Crippen molar-refractivity contribution in [1.82, 2.24) is 24.2 Å². The van der Waals surface area contributed by atoms with Gasteiger partial charge in [0.1, 0.15) is 12.1 Å². The van der Waals surface area contributed by atoms with Crippen LogP contribution in [0.2, 0.25) is 0 Å². The molecule has 2 aromatic heterocycles. The van der Waals surface area contributed by atoms with E-state index in [0.29, 0.717) is 24.2 Å². The Morgan fingerprint density at radius 2 is 1.69 bits per heavy atom. The van der Waals surface area contributed by atoms with Gasteiger partial charge in [0.05, 0.1) is 16.6 Å². The minimum absolute atomic E-state index is 0.0172. The highest BCUT2D eigenvalue weighted by Crippen LogP contribution is 2.49. The fourth-order valence-corrected chi connectivity index (χ4v) is 6.58. The minimum Gasteiger partial charge on any atom is -0.298 e. The molecule has 36 heavy (non-hydrogen) atoms. The highest BCUT2D eigenvalue weighted by atomic mass is 32.2. The Labute approximate surface area is 203 Å². The van der Waals surface area contributed by atoms with E-state index >= 15 is 0 Å². The maximum atomic E-state index is 13.3. The number of Topliss-reactive ketones (excluding diaryl/α,β-unsaturated/α-hetero) is 1. The number of hydrogen-bond donors (Lipinski definition) is 0. The van der Waals surface area contributed by atoms with Gasteiger partial charge in [-0.2, -0.15) is 17.5 Å². The van der Waals surface area contributed by atoms with Crippen molar-refractivity contribution in [2.75, 3.05) is 0 Å². The second kappa shape index (κ2) is 8.96. The van der Waals surface area contributed by atoms with Crippen LogP contribution < -0.4 is 0 Å². The maximum absolute atomic E-state index is 13.3. The van der Waals surface area contributed by atoms with Gasteiger partial charge >= 0.3 is 6.18 Å². The zero-order chi connectivity index (χ0) is 25.7. The third-order valence-electron chi connectivity index (χ3n) is 6.50. The van der Waals surface area contributed by atoms with Crippen LogP contribution in [0.4, 0.5) is 17.6 Å². The summed E-state index contributed by atoms with van der Waals surface area (Å²) in [5, 5.41) is 0. The number of hydrogen-bond acceptors (Lipinski definition) is 7. The number of aryl methyl sites for hydroxylation is 1. The Balaban J connectivity index is 1.29. The molecule has 0 unspecified atom stereocenters. The summed E-state index contributed by atoms with van der Waals surface area (Å²) in [5.74, 6) is -2.13. The van der Waals surface area contributed by atoms with E-state index in [1.54, 1.807) is 0 Å². The van der Waals surface area contributed by atoms with Gasteiger partial charge in [-0.3, -0.25) is 4.79 Å². The molecular weight excluding hydrogens is 502 g/mol. The first-order valence-corrected chi connectivity index (χ1v) is 12.5. The molecule has 2 aliphatic heterocycles. The van der Waals surface area contributed by atoms with Crippen molar-refractivity contribution in [3.05, 3.63) is 66.4 Å². The van der Waals surface area contributed by atoms with Crippen molar-refractivity contribution in [3.8, 4) is 11.3 Å². The Kier molecular flexibility index (Phi) is 6.07. The van der Waals surface area contributed by atoms with Crippen LogP contribution in [0, 0.1) is 11.7 Å². The quantitative estimate of drug-likeness (QED) is 0.439. The van der Waals surface area contributed by atoms with Gasteiger partial charge < -0.3 is 0 Å². The second-order valence-corrected chi connectivity index (χ2v) is 10.6. The van der Waals surface area contributed by atoms with E-state index in [1.807, 2.05) is 0 Å². The summed E-state index contributed by atoms with van der Waals surface area (Å²) in [5.41, 5.74) is 1.02. The second-order valence-electron chi connectivity index (χ2n) is 8.77. The van der Waals surface area contributed by atoms with Crippen molar-refractivity contribution in [2.24, 2.45) is 5.92 Å². The molecule has 8 nitrogen and oxygen atoms in total. The molecule has 2 bridgehead atoms. The molecule has 1 aromatic carbocycles. The molecule has 1 saturated carbocycles. The average Bonchev–Trinajstić information content (AvgIpc) is 3.40. The third kappa shape index (κ3) is 4.48. The summed E-state index contributed by atoms with van der Waals surface area (Å²) in [4.78, 5) is 27.9. The lowest BCUT2D eigenvalue weighted by Gasteiger charge is -2.25. The van der Waals surface area contributed by atoms with E-state index in [0.717, 1.165) is 24.5 Å². The number of rotatable bonds is 7. The number of alkyl halides is 3. The molecule has 0 amide bonds. The Hall–Kier alpha value is -3.32. The molecule has 0 N–H and O–H groups in total. The van der Waals surface area contributed by atoms with Crippen LogP contribution in [0.15, 0.2) is 53.9 Å². The molecule has 1 atom stereocenters. The fraction of sp³-hybridized carbons (Fsp3) is 0.348. The molecule has 188 valence electrons. The zero-order valence-corrected chi connectivity index (χ0v) is 19.4. The summed E-state index contributed by atoms with van der Waals surface area (Å²) >= 11 is 0. The first-order valence-electron chi connectivity index (χ1n) is 11.1. The number of halogens is 4. The topological polar surface area (TPSA) is 106 Å². The van der Waals surface area contributed by atoms with E-state index in [-0.39, 0.29) is 41.0 Å². The number of aromatic nitrogens is 4. The molecule has 13 heteroatoms. The number of ketones is 1. The van der Waals surface area contributed by atoms with Gasteiger partial charge in [0.25, 0.3) is 0 Å². The van der Waals surface area contributed by atoms with Crippen LogP contribution in [0.25, 0.3) is 11.3 Å². The predicted octanol–water partition coefficient (Wildman–Crippen LogP) is 3.44. The lowest BCUT2D eigenvalue weighted by atomic mass is 9.81. The smallest absolute Gasteiger partial charge is 0.298 e. The number of fused-ring (bicyclic) bond motifs is 1. The van der Waals surface area contributed by atoms with Crippen LogP contribution in [0.5, 0.6) is 0 Å². The normalized spacial score (nSPS) is 21.8. The first kappa shape index (κ1) is 24.4. The standard InChI is InChI=1S/C23H19F4N5O3S/c24-15-1-4-18(5-2-15)36(34,35)32-17-7-13(8-17)21(32)20(33)6-3-16-9-19(31-12-30-16)14-10-28-22(29-11-14)23(25,26)27/h1-2,4-5,9-13,17,21H,3,6-8H2/t13?,17?,21-/m0/s1. The Bertz CT molecular complexity index is 1390. The van der Waals surface area contributed by atoms with Gasteiger partial charge in [0.2, 0.25) is 15.8 Å². The van der Waals surface area contributed by atoms with Gasteiger partial charge in [-0.15, -0.1) is 0 Å². The summed E-state index contributed by atoms with van der Waals surface area (Å²) in [7, 11) is -3.97. The molecule has 0 spiro atoms. The van der Waals surface area contributed by atoms with Crippen molar-refractivity contribution < 1.29 is 30.8 Å².